The summed E-state index contributed by atoms with van der Waals surface area (Å²) >= 11 is 0. The van der Waals surface area contributed by atoms with Crippen molar-refractivity contribution in [2.45, 2.75) is 32.7 Å². The van der Waals surface area contributed by atoms with E-state index in [0.29, 0.717) is 24.9 Å². The number of rotatable bonds is 5. The largest absolute Gasteiger partial charge is 0.318 e. The first-order valence-electron chi connectivity index (χ1n) is 10.0. The molecule has 8 nitrogen and oxygen atoms in total. The maximum Gasteiger partial charge on any atom is 0.269 e. The number of benzene rings is 2. The Labute approximate surface area is 173 Å². The molecule has 0 atom stereocenters. The number of aromatic nitrogens is 2. The number of imidazole rings is 1. The van der Waals surface area contributed by atoms with Crippen LogP contribution in [0.1, 0.15) is 35.9 Å². The van der Waals surface area contributed by atoms with Crippen molar-refractivity contribution in [3.05, 3.63) is 59.9 Å². The third-order valence-corrected chi connectivity index (χ3v) is 5.18. The molecule has 2 aromatic carbocycles. The summed E-state index contributed by atoms with van der Waals surface area (Å²) in [5.74, 6) is 0.136. The third kappa shape index (κ3) is 3.89. The van der Waals surface area contributed by atoms with Gasteiger partial charge in [-0.2, -0.15) is 0 Å². The fourth-order valence-corrected chi connectivity index (χ4v) is 3.67. The molecule has 0 aliphatic carbocycles. The van der Waals surface area contributed by atoms with Gasteiger partial charge in [0.15, 0.2) is 0 Å². The number of amides is 3. The molecule has 154 valence electrons. The summed E-state index contributed by atoms with van der Waals surface area (Å²) in [7, 11) is 0. The minimum atomic E-state index is -0.422. The van der Waals surface area contributed by atoms with Crippen LogP contribution in [0, 0.1) is 0 Å². The lowest BCUT2D eigenvalue weighted by Crippen LogP contribution is -2.43. The Morgan fingerprint density at radius 1 is 1.07 bits per heavy atom. The monoisotopic (exact) mass is 405 g/mol. The SMILES string of the molecule is CCc1nc2ccccc2n1CC(=O)NNC(=O)c1ccc(N2CCCC2=O)cc1. The lowest BCUT2D eigenvalue weighted by molar-refractivity contribution is -0.122. The summed E-state index contributed by atoms with van der Waals surface area (Å²) in [5, 5.41) is 0. The summed E-state index contributed by atoms with van der Waals surface area (Å²) < 4.78 is 1.85. The van der Waals surface area contributed by atoms with Gasteiger partial charge in [-0.3, -0.25) is 25.2 Å². The molecule has 1 fully saturated rings. The molecule has 3 aromatic rings. The Balaban J connectivity index is 1.37. The van der Waals surface area contributed by atoms with Gasteiger partial charge in [-0.1, -0.05) is 19.1 Å². The van der Waals surface area contributed by atoms with Gasteiger partial charge in [0.1, 0.15) is 12.4 Å². The molecule has 0 unspecified atom stereocenters. The summed E-state index contributed by atoms with van der Waals surface area (Å²) in [6.07, 6.45) is 2.10. The second-order valence-corrected chi connectivity index (χ2v) is 7.15. The average Bonchev–Trinajstić information content (AvgIpc) is 3.35. The summed E-state index contributed by atoms with van der Waals surface area (Å²) in [4.78, 5) is 42.8. The van der Waals surface area contributed by atoms with Crippen LogP contribution in [0.2, 0.25) is 0 Å². The number of hydrogen-bond donors (Lipinski definition) is 2. The van der Waals surface area contributed by atoms with Crippen LogP contribution in [0.15, 0.2) is 48.5 Å². The molecule has 1 saturated heterocycles. The maximum absolute atomic E-state index is 12.4. The summed E-state index contributed by atoms with van der Waals surface area (Å²) in [5.41, 5.74) is 7.79. The van der Waals surface area contributed by atoms with E-state index < -0.39 is 5.91 Å². The highest BCUT2D eigenvalue weighted by atomic mass is 16.2. The number of nitrogens with one attached hydrogen (secondary N) is 2. The molecule has 30 heavy (non-hydrogen) atoms. The van der Waals surface area contributed by atoms with Gasteiger partial charge in [0.25, 0.3) is 11.8 Å². The zero-order valence-electron chi connectivity index (χ0n) is 16.7. The zero-order chi connectivity index (χ0) is 21.1. The normalized spacial score (nSPS) is 13.6. The van der Waals surface area contributed by atoms with Gasteiger partial charge in [0.2, 0.25) is 5.91 Å². The summed E-state index contributed by atoms with van der Waals surface area (Å²) in [6, 6.07) is 14.4. The van der Waals surface area contributed by atoms with Crippen molar-refractivity contribution in [3.63, 3.8) is 0 Å². The predicted molar refractivity (Wildman–Crippen MR) is 113 cm³/mol. The van der Waals surface area contributed by atoms with E-state index in [1.54, 1.807) is 29.2 Å². The first kappa shape index (κ1) is 19.6. The predicted octanol–water partition coefficient (Wildman–Crippen LogP) is 2.19. The molecule has 0 bridgehead atoms. The van der Waals surface area contributed by atoms with Crippen molar-refractivity contribution >= 4 is 34.4 Å². The molecule has 0 radical (unpaired) electrons. The number of fused-ring (bicyclic) bond motifs is 1. The standard InChI is InChI=1S/C22H23N5O3/c1-2-19-23-17-6-3-4-7-18(17)27(19)14-20(28)24-25-22(30)15-9-11-16(12-10-15)26-13-5-8-21(26)29/h3-4,6-7,9-12H,2,5,8,13-14H2,1H3,(H,24,28)(H,25,30). The Hall–Kier alpha value is -3.68. The van der Waals surface area contributed by atoms with Gasteiger partial charge in [0, 0.05) is 30.6 Å². The molecule has 2 N–H and O–H groups in total. The second-order valence-electron chi connectivity index (χ2n) is 7.15. The van der Waals surface area contributed by atoms with Crippen LogP contribution in [-0.2, 0) is 22.6 Å². The van der Waals surface area contributed by atoms with E-state index in [4.69, 9.17) is 0 Å². The van der Waals surface area contributed by atoms with Crippen LogP contribution < -0.4 is 15.8 Å². The first-order chi connectivity index (χ1) is 14.6. The van der Waals surface area contributed by atoms with Crippen molar-refractivity contribution in [1.29, 1.82) is 0 Å². The molecule has 1 aromatic heterocycles. The Morgan fingerprint density at radius 3 is 2.53 bits per heavy atom. The van der Waals surface area contributed by atoms with Crippen molar-refractivity contribution in [2.75, 3.05) is 11.4 Å². The zero-order valence-corrected chi connectivity index (χ0v) is 16.7. The third-order valence-electron chi connectivity index (χ3n) is 5.18. The topological polar surface area (TPSA) is 96.3 Å². The van der Waals surface area contributed by atoms with Crippen LogP contribution in [0.4, 0.5) is 5.69 Å². The quantitative estimate of drug-likeness (QED) is 0.636. The molecule has 0 spiro atoms. The number of nitrogens with zero attached hydrogens (tertiary/aromatic N) is 3. The number of hydrogen-bond acceptors (Lipinski definition) is 4. The molecular formula is C22H23N5O3. The molecule has 0 saturated carbocycles. The van der Waals surface area contributed by atoms with Crippen LogP contribution in [-0.4, -0.2) is 33.8 Å². The highest BCUT2D eigenvalue weighted by molar-refractivity contribution is 5.98. The number of carbonyl (C=O) groups is 3. The van der Waals surface area contributed by atoms with Gasteiger partial charge < -0.3 is 9.47 Å². The van der Waals surface area contributed by atoms with Crippen LogP contribution >= 0.6 is 0 Å². The number of anilines is 1. The molecular weight excluding hydrogens is 382 g/mol. The molecule has 8 heteroatoms. The van der Waals surface area contributed by atoms with Gasteiger partial charge in [-0.05, 0) is 42.8 Å². The highest BCUT2D eigenvalue weighted by Gasteiger charge is 2.21. The van der Waals surface area contributed by atoms with E-state index in [1.165, 1.54) is 0 Å². The van der Waals surface area contributed by atoms with Crippen LogP contribution in [0.5, 0.6) is 0 Å². The minimum Gasteiger partial charge on any atom is -0.318 e. The van der Waals surface area contributed by atoms with E-state index in [0.717, 1.165) is 29.0 Å². The fourth-order valence-electron chi connectivity index (χ4n) is 3.67. The van der Waals surface area contributed by atoms with Crippen molar-refractivity contribution in [2.24, 2.45) is 0 Å². The summed E-state index contributed by atoms with van der Waals surface area (Å²) in [6.45, 7) is 2.74. The molecule has 2 heterocycles. The lowest BCUT2D eigenvalue weighted by atomic mass is 10.2. The Bertz CT molecular complexity index is 1100. The molecule has 3 amide bonds. The number of aryl methyl sites for hydroxylation is 1. The van der Waals surface area contributed by atoms with Crippen LogP contribution in [0.25, 0.3) is 11.0 Å². The fraction of sp³-hybridized carbons (Fsp3) is 0.273. The number of para-hydroxylation sites is 2. The number of carbonyl (C=O) groups excluding carboxylic acids is 3. The average molecular weight is 405 g/mol. The molecule has 1 aliphatic rings. The second kappa shape index (κ2) is 8.36. The van der Waals surface area contributed by atoms with E-state index in [9.17, 15) is 14.4 Å². The Morgan fingerprint density at radius 2 is 1.83 bits per heavy atom. The lowest BCUT2D eigenvalue weighted by Gasteiger charge is -2.16. The van der Waals surface area contributed by atoms with Gasteiger partial charge in [-0.15, -0.1) is 0 Å². The van der Waals surface area contributed by atoms with E-state index >= 15 is 0 Å². The smallest absolute Gasteiger partial charge is 0.269 e. The van der Waals surface area contributed by atoms with E-state index in [2.05, 4.69) is 15.8 Å². The maximum atomic E-state index is 12.4. The highest BCUT2D eigenvalue weighted by Crippen LogP contribution is 2.21. The van der Waals surface area contributed by atoms with Crippen molar-refractivity contribution in [3.8, 4) is 0 Å². The number of hydrazine groups is 1. The van der Waals surface area contributed by atoms with Gasteiger partial charge in [0.05, 0.1) is 11.0 Å². The molecule has 4 rings (SSSR count). The van der Waals surface area contributed by atoms with E-state index in [-0.39, 0.29) is 18.4 Å². The Kier molecular flexibility index (Phi) is 5.47. The van der Waals surface area contributed by atoms with Gasteiger partial charge >= 0.3 is 0 Å². The van der Waals surface area contributed by atoms with Crippen molar-refractivity contribution in [1.82, 2.24) is 20.4 Å². The van der Waals surface area contributed by atoms with Crippen LogP contribution in [0.3, 0.4) is 0 Å². The van der Waals surface area contributed by atoms with Gasteiger partial charge in [-0.25, -0.2) is 4.98 Å². The minimum absolute atomic E-state index is 0.0555. The van der Waals surface area contributed by atoms with Crippen molar-refractivity contribution < 1.29 is 14.4 Å². The first-order valence-corrected chi connectivity index (χ1v) is 10.0. The molecule has 1 aliphatic heterocycles. The van der Waals surface area contributed by atoms with E-state index in [1.807, 2.05) is 35.8 Å².